The fourth-order valence-corrected chi connectivity index (χ4v) is 2.53. The third kappa shape index (κ3) is 2.20. The van der Waals surface area contributed by atoms with E-state index in [4.69, 9.17) is 4.74 Å². The molecule has 1 saturated heterocycles. The number of hydrogen-bond donors (Lipinski definition) is 0. The fourth-order valence-electron chi connectivity index (χ4n) is 2.53. The van der Waals surface area contributed by atoms with Gasteiger partial charge in [0.05, 0.1) is 11.7 Å². The van der Waals surface area contributed by atoms with Crippen molar-refractivity contribution in [2.75, 3.05) is 13.2 Å². The van der Waals surface area contributed by atoms with E-state index in [0.717, 1.165) is 19.6 Å². The molecular weight excluding hydrogens is 212 g/mol. The fraction of sp³-hybridized carbons (Fsp3) is 0.500. The molecule has 3 heteroatoms. The van der Waals surface area contributed by atoms with Gasteiger partial charge >= 0.3 is 0 Å². The molecule has 3 heterocycles. The molecule has 1 atom stereocenters. The predicted molar refractivity (Wildman–Crippen MR) is 67.2 cm³/mol. The minimum Gasteiger partial charge on any atom is -0.381 e. The van der Waals surface area contributed by atoms with Crippen LogP contribution in [0.1, 0.15) is 24.2 Å². The Kier molecular flexibility index (Phi) is 2.85. The molecule has 0 amide bonds. The molecule has 90 valence electrons. The number of rotatable bonds is 2. The number of nitrogens with zero attached hydrogens (tertiary/aromatic N) is 2. The van der Waals surface area contributed by atoms with Gasteiger partial charge in [-0.25, -0.2) is 4.98 Å². The van der Waals surface area contributed by atoms with Crippen LogP contribution in [0.2, 0.25) is 0 Å². The van der Waals surface area contributed by atoms with Crippen LogP contribution in [-0.4, -0.2) is 22.6 Å². The van der Waals surface area contributed by atoms with Crippen LogP contribution in [0.5, 0.6) is 0 Å². The highest BCUT2D eigenvalue weighted by Gasteiger charge is 2.16. The zero-order valence-electron chi connectivity index (χ0n) is 10.2. The number of ether oxygens (including phenoxy) is 1. The van der Waals surface area contributed by atoms with Gasteiger partial charge in [0.25, 0.3) is 0 Å². The summed E-state index contributed by atoms with van der Waals surface area (Å²) < 4.78 is 7.74. The van der Waals surface area contributed by atoms with E-state index in [9.17, 15) is 0 Å². The van der Waals surface area contributed by atoms with Gasteiger partial charge in [-0.1, -0.05) is 6.07 Å². The van der Waals surface area contributed by atoms with Gasteiger partial charge in [0.1, 0.15) is 5.82 Å². The second-order valence-electron chi connectivity index (χ2n) is 4.96. The second kappa shape index (κ2) is 4.49. The molecule has 1 aliphatic rings. The summed E-state index contributed by atoms with van der Waals surface area (Å²) in [4.78, 5) is 4.54. The molecule has 3 rings (SSSR count). The molecule has 1 aliphatic heterocycles. The van der Waals surface area contributed by atoms with E-state index < -0.39 is 0 Å². The number of aryl methyl sites for hydroxylation is 1. The van der Waals surface area contributed by atoms with Gasteiger partial charge in [-0.3, -0.25) is 0 Å². The maximum absolute atomic E-state index is 5.53. The Labute approximate surface area is 101 Å². The van der Waals surface area contributed by atoms with Crippen molar-refractivity contribution >= 4 is 5.52 Å². The molecule has 0 aliphatic carbocycles. The molecule has 2 aromatic heterocycles. The van der Waals surface area contributed by atoms with Crippen molar-refractivity contribution in [2.24, 2.45) is 5.92 Å². The lowest BCUT2D eigenvalue weighted by atomic mass is 9.98. The first-order valence-corrected chi connectivity index (χ1v) is 6.33. The predicted octanol–water partition coefficient (Wildman–Crippen LogP) is 2.61. The summed E-state index contributed by atoms with van der Waals surface area (Å²) in [5.41, 5.74) is 2.46. The summed E-state index contributed by atoms with van der Waals surface area (Å²) in [6.45, 7) is 3.94. The molecule has 17 heavy (non-hydrogen) atoms. The van der Waals surface area contributed by atoms with Crippen molar-refractivity contribution < 1.29 is 4.74 Å². The van der Waals surface area contributed by atoms with Gasteiger partial charge < -0.3 is 9.14 Å². The average molecular weight is 230 g/mol. The molecule has 1 unspecified atom stereocenters. The van der Waals surface area contributed by atoms with Crippen LogP contribution in [-0.2, 0) is 11.2 Å². The van der Waals surface area contributed by atoms with Crippen LogP contribution in [0.4, 0.5) is 0 Å². The Bertz CT molecular complexity index is 512. The standard InChI is InChI=1S/C14H18N2O/c1-11-4-5-13-8-15-14(16(13)9-11)7-12-3-2-6-17-10-12/h4-5,8-9,12H,2-3,6-7,10H2,1H3. The Hall–Kier alpha value is -1.35. The molecule has 1 fully saturated rings. The van der Waals surface area contributed by atoms with Crippen LogP contribution in [0.25, 0.3) is 5.52 Å². The summed E-state index contributed by atoms with van der Waals surface area (Å²) >= 11 is 0. The van der Waals surface area contributed by atoms with Crippen LogP contribution in [0.3, 0.4) is 0 Å². The summed E-state index contributed by atoms with van der Waals surface area (Å²) in [5, 5.41) is 0. The molecule has 0 aromatic carbocycles. The first kappa shape index (κ1) is 10.8. The third-order valence-corrected chi connectivity index (χ3v) is 3.48. The second-order valence-corrected chi connectivity index (χ2v) is 4.96. The van der Waals surface area contributed by atoms with Crippen molar-refractivity contribution in [3.63, 3.8) is 0 Å². The zero-order chi connectivity index (χ0) is 11.7. The van der Waals surface area contributed by atoms with Gasteiger partial charge in [-0.2, -0.15) is 0 Å². The van der Waals surface area contributed by atoms with Gasteiger partial charge in [0.2, 0.25) is 0 Å². The van der Waals surface area contributed by atoms with Crippen LogP contribution in [0, 0.1) is 12.8 Å². The SMILES string of the molecule is Cc1ccc2cnc(CC3CCCOC3)n2c1. The monoisotopic (exact) mass is 230 g/mol. The van der Waals surface area contributed by atoms with Crippen LogP contribution in [0.15, 0.2) is 24.5 Å². The minimum absolute atomic E-state index is 0.634. The third-order valence-electron chi connectivity index (χ3n) is 3.48. The van der Waals surface area contributed by atoms with Gasteiger partial charge in [0.15, 0.2) is 0 Å². The summed E-state index contributed by atoms with van der Waals surface area (Å²) in [7, 11) is 0. The summed E-state index contributed by atoms with van der Waals surface area (Å²) in [6, 6.07) is 4.26. The van der Waals surface area contributed by atoms with Crippen LogP contribution < -0.4 is 0 Å². The Morgan fingerprint density at radius 3 is 3.24 bits per heavy atom. The van der Waals surface area contributed by atoms with Crippen molar-refractivity contribution in [2.45, 2.75) is 26.2 Å². The molecule has 0 N–H and O–H groups in total. The van der Waals surface area contributed by atoms with E-state index in [0.29, 0.717) is 5.92 Å². The van der Waals surface area contributed by atoms with E-state index in [1.54, 1.807) is 0 Å². The zero-order valence-corrected chi connectivity index (χ0v) is 10.2. The number of imidazole rings is 1. The number of pyridine rings is 1. The van der Waals surface area contributed by atoms with Crippen molar-refractivity contribution in [3.05, 3.63) is 35.9 Å². The average Bonchev–Trinajstić information content (AvgIpc) is 2.73. The molecule has 3 nitrogen and oxygen atoms in total. The summed E-state index contributed by atoms with van der Waals surface area (Å²) in [5.74, 6) is 1.80. The number of hydrogen-bond acceptors (Lipinski definition) is 2. The largest absolute Gasteiger partial charge is 0.381 e. The van der Waals surface area contributed by atoms with Gasteiger partial charge in [-0.15, -0.1) is 0 Å². The topological polar surface area (TPSA) is 26.5 Å². The minimum atomic E-state index is 0.634. The van der Waals surface area contributed by atoms with Crippen molar-refractivity contribution in [3.8, 4) is 0 Å². The number of aromatic nitrogens is 2. The lowest BCUT2D eigenvalue weighted by molar-refractivity contribution is 0.0542. The molecular formula is C14H18N2O. The maximum atomic E-state index is 5.53. The maximum Gasteiger partial charge on any atom is 0.113 e. The summed E-state index contributed by atoms with van der Waals surface area (Å²) in [6.07, 6.45) is 7.60. The molecule has 0 spiro atoms. The van der Waals surface area contributed by atoms with E-state index in [1.165, 1.54) is 29.7 Å². The molecule has 0 saturated carbocycles. The normalized spacial score (nSPS) is 20.9. The first-order valence-electron chi connectivity index (χ1n) is 6.33. The van der Waals surface area contributed by atoms with E-state index in [2.05, 4.69) is 34.6 Å². The lowest BCUT2D eigenvalue weighted by Crippen LogP contribution is -2.20. The van der Waals surface area contributed by atoms with E-state index in [-0.39, 0.29) is 0 Å². The quantitative estimate of drug-likeness (QED) is 0.792. The Balaban J connectivity index is 1.86. The van der Waals surface area contributed by atoms with Crippen molar-refractivity contribution in [1.82, 2.24) is 9.38 Å². The Morgan fingerprint density at radius 2 is 2.41 bits per heavy atom. The Morgan fingerprint density at radius 1 is 1.47 bits per heavy atom. The smallest absolute Gasteiger partial charge is 0.113 e. The van der Waals surface area contributed by atoms with Gasteiger partial charge in [-0.05, 0) is 37.3 Å². The highest BCUT2D eigenvalue weighted by molar-refractivity contribution is 5.46. The first-order chi connectivity index (χ1) is 8.33. The molecule has 0 bridgehead atoms. The van der Waals surface area contributed by atoms with Crippen LogP contribution >= 0.6 is 0 Å². The lowest BCUT2D eigenvalue weighted by Gasteiger charge is -2.21. The van der Waals surface area contributed by atoms with Crippen molar-refractivity contribution in [1.29, 1.82) is 0 Å². The molecule has 0 radical (unpaired) electrons. The highest BCUT2D eigenvalue weighted by atomic mass is 16.5. The molecule has 2 aromatic rings. The van der Waals surface area contributed by atoms with E-state index in [1.807, 2.05) is 6.20 Å². The number of fused-ring (bicyclic) bond motifs is 1. The van der Waals surface area contributed by atoms with E-state index >= 15 is 0 Å². The van der Waals surface area contributed by atoms with Gasteiger partial charge in [0, 0.05) is 25.8 Å². The highest BCUT2D eigenvalue weighted by Crippen LogP contribution is 2.19.